The molecule has 0 aliphatic rings. The van der Waals surface area contributed by atoms with E-state index in [2.05, 4.69) is 0 Å². The second kappa shape index (κ2) is 7.53. The van der Waals surface area contributed by atoms with E-state index < -0.39 is 18.2 Å². The van der Waals surface area contributed by atoms with E-state index in [0.717, 1.165) is 6.08 Å². The highest BCUT2D eigenvalue weighted by Crippen LogP contribution is 2.07. The maximum absolute atomic E-state index is 10.1. The minimum absolute atomic E-state index is 0.499. The number of allylic oxidation sites excluding steroid dienone is 1. The lowest BCUT2D eigenvalue weighted by Crippen LogP contribution is -2.24. The van der Waals surface area contributed by atoms with Crippen molar-refractivity contribution < 1.29 is 20.1 Å². The van der Waals surface area contributed by atoms with Crippen molar-refractivity contribution in [3.63, 3.8) is 0 Å². The van der Waals surface area contributed by atoms with Crippen LogP contribution in [0.1, 0.15) is 32.6 Å². The van der Waals surface area contributed by atoms with Gasteiger partial charge in [-0.15, -0.1) is 0 Å². The second-order valence-corrected chi connectivity index (χ2v) is 3.21. The van der Waals surface area contributed by atoms with Gasteiger partial charge in [-0.1, -0.05) is 13.0 Å². The topological polar surface area (TPSA) is 77.8 Å². The van der Waals surface area contributed by atoms with Crippen LogP contribution in [0, 0.1) is 0 Å². The molecule has 4 nitrogen and oxygen atoms in total. The minimum Gasteiger partial charge on any atom is -0.478 e. The van der Waals surface area contributed by atoms with Crippen molar-refractivity contribution in [2.75, 3.05) is 0 Å². The van der Waals surface area contributed by atoms with Crippen molar-refractivity contribution in [1.29, 1.82) is 0 Å². The molecule has 0 aliphatic carbocycles. The molecule has 0 rings (SSSR count). The number of hydrogen-bond donors (Lipinski definition) is 3. The molecule has 0 aromatic rings. The van der Waals surface area contributed by atoms with Gasteiger partial charge in [-0.25, -0.2) is 4.79 Å². The molecule has 0 heterocycles. The van der Waals surface area contributed by atoms with Gasteiger partial charge in [0, 0.05) is 6.08 Å². The van der Waals surface area contributed by atoms with E-state index in [1.54, 1.807) is 13.0 Å². The monoisotopic (exact) mass is 202 g/mol. The van der Waals surface area contributed by atoms with Crippen LogP contribution < -0.4 is 0 Å². The van der Waals surface area contributed by atoms with Gasteiger partial charge in [-0.2, -0.15) is 0 Å². The number of carboxylic acid groups (broad SMARTS) is 1. The van der Waals surface area contributed by atoms with Gasteiger partial charge in [0.25, 0.3) is 0 Å². The highest BCUT2D eigenvalue weighted by atomic mass is 16.4. The van der Waals surface area contributed by atoms with E-state index >= 15 is 0 Å². The Bertz CT molecular complexity index is 189. The average Bonchev–Trinajstić information content (AvgIpc) is 2.15. The number of aliphatic carboxylic acids is 1. The normalized spacial score (nSPS) is 15.6. The average molecular weight is 202 g/mol. The van der Waals surface area contributed by atoms with Crippen molar-refractivity contribution in [1.82, 2.24) is 0 Å². The standard InChI is InChI=1S/C10H18O4/c1-2-8(11)9(12)6-4-3-5-7-10(13)14/h5,7-9,11-12H,2-4,6H2,1H3,(H,13,14)/b7-5-/t8?,9-/m1/s1. The Morgan fingerprint density at radius 3 is 2.50 bits per heavy atom. The predicted molar refractivity (Wildman–Crippen MR) is 52.9 cm³/mol. The summed E-state index contributed by atoms with van der Waals surface area (Å²) in [5.41, 5.74) is 0. The number of carboxylic acids is 1. The summed E-state index contributed by atoms with van der Waals surface area (Å²) in [6.07, 6.45) is 3.60. The summed E-state index contributed by atoms with van der Waals surface area (Å²) in [6.45, 7) is 1.80. The second-order valence-electron chi connectivity index (χ2n) is 3.21. The number of unbranched alkanes of at least 4 members (excludes halogenated alkanes) is 1. The summed E-state index contributed by atoms with van der Waals surface area (Å²) < 4.78 is 0. The highest BCUT2D eigenvalue weighted by Gasteiger charge is 2.12. The lowest BCUT2D eigenvalue weighted by atomic mass is 10.1. The summed E-state index contributed by atoms with van der Waals surface area (Å²) in [5, 5.41) is 26.8. The number of aliphatic hydroxyl groups is 2. The molecular formula is C10H18O4. The van der Waals surface area contributed by atoms with Gasteiger partial charge in [-0.3, -0.25) is 0 Å². The molecule has 0 saturated carbocycles. The fourth-order valence-corrected chi connectivity index (χ4v) is 1.09. The molecule has 82 valence electrons. The van der Waals surface area contributed by atoms with Gasteiger partial charge in [0.15, 0.2) is 0 Å². The fourth-order valence-electron chi connectivity index (χ4n) is 1.09. The summed E-state index contributed by atoms with van der Waals surface area (Å²) in [5.74, 6) is -0.959. The number of rotatable bonds is 7. The molecule has 4 heteroatoms. The van der Waals surface area contributed by atoms with Crippen molar-refractivity contribution in [3.8, 4) is 0 Å². The van der Waals surface area contributed by atoms with Crippen LogP contribution in [0.25, 0.3) is 0 Å². The first-order valence-corrected chi connectivity index (χ1v) is 4.83. The zero-order chi connectivity index (χ0) is 11.0. The molecule has 0 amide bonds. The zero-order valence-corrected chi connectivity index (χ0v) is 8.39. The quantitative estimate of drug-likeness (QED) is 0.424. The highest BCUT2D eigenvalue weighted by molar-refractivity contribution is 5.79. The van der Waals surface area contributed by atoms with Gasteiger partial charge in [-0.05, 0) is 25.7 Å². The molecule has 0 bridgehead atoms. The summed E-state index contributed by atoms with van der Waals surface area (Å²) in [4.78, 5) is 10.1. The molecule has 0 fully saturated rings. The Hall–Kier alpha value is -0.870. The SMILES string of the molecule is CCC(O)[C@H](O)CCC/C=C\C(=O)O. The summed E-state index contributed by atoms with van der Waals surface area (Å²) in [7, 11) is 0. The van der Waals surface area contributed by atoms with Crippen molar-refractivity contribution in [3.05, 3.63) is 12.2 Å². The molecule has 0 aromatic heterocycles. The maximum atomic E-state index is 10.1. The summed E-state index contributed by atoms with van der Waals surface area (Å²) >= 11 is 0. The molecule has 1 unspecified atom stereocenters. The number of aliphatic hydroxyl groups excluding tert-OH is 2. The van der Waals surface area contributed by atoms with E-state index in [4.69, 9.17) is 5.11 Å². The van der Waals surface area contributed by atoms with Gasteiger partial charge in [0.2, 0.25) is 0 Å². The smallest absolute Gasteiger partial charge is 0.327 e. The van der Waals surface area contributed by atoms with Crippen LogP contribution in [0.2, 0.25) is 0 Å². The third-order valence-electron chi connectivity index (χ3n) is 1.99. The molecule has 0 aromatic carbocycles. The Morgan fingerprint density at radius 1 is 1.36 bits per heavy atom. The van der Waals surface area contributed by atoms with Crippen molar-refractivity contribution in [2.24, 2.45) is 0 Å². The van der Waals surface area contributed by atoms with Gasteiger partial charge in [0.1, 0.15) is 0 Å². The lowest BCUT2D eigenvalue weighted by molar-refractivity contribution is -0.131. The summed E-state index contributed by atoms with van der Waals surface area (Å²) in [6, 6.07) is 0. The number of carbonyl (C=O) groups is 1. The van der Waals surface area contributed by atoms with Crippen molar-refractivity contribution in [2.45, 2.75) is 44.8 Å². The van der Waals surface area contributed by atoms with Gasteiger partial charge < -0.3 is 15.3 Å². The Kier molecular flexibility index (Phi) is 7.06. The van der Waals surface area contributed by atoms with Gasteiger partial charge >= 0.3 is 5.97 Å². The van der Waals surface area contributed by atoms with Gasteiger partial charge in [0.05, 0.1) is 12.2 Å². The molecule has 0 saturated heterocycles. The molecule has 0 radical (unpaired) electrons. The molecule has 0 spiro atoms. The Labute approximate surface area is 83.9 Å². The van der Waals surface area contributed by atoms with Crippen LogP contribution in [0.15, 0.2) is 12.2 Å². The van der Waals surface area contributed by atoms with Crippen LogP contribution >= 0.6 is 0 Å². The molecule has 2 atom stereocenters. The van der Waals surface area contributed by atoms with Crippen LogP contribution in [0.4, 0.5) is 0 Å². The van der Waals surface area contributed by atoms with E-state index in [0.29, 0.717) is 25.7 Å². The maximum Gasteiger partial charge on any atom is 0.327 e. The third kappa shape index (κ3) is 6.62. The first-order valence-electron chi connectivity index (χ1n) is 4.83. The van der Waals surface area contributed by atoms with E-state index in [1.165, 1.54) is 0 Å². The molecule has 14 heavy (non-hydrogen) atoms. The Morgan fingerprint density at radius 2 is 2.00 bits per heavy atom. The first kappa shape index (κ1) is 13.1. The van der Waals surface area contributed by atoms with Crippen LogP contribution in [0.5, 0.6) is 0 Å². The lowest BCUT2D eigenvalue weighted by Gasteiger charge is -2.14. The predicted octanol–water partition coefficient (Wildman–Crippen LogP) is 0.929. The third-order valence-corrected chi connectivity index (χ3v) is 1.99. The first-order chi connectivity index (χ1) is 6.57. The van der Waals surface area contributed by atoms with E-state index in [1.807, 2.05) is 0 Å². The number of hydrogen-bond acceptors (Lipinski definition) is 3. The molecule has 0 aliphatic heterocycles. The minimum atomic E-state index is -0.959. The molecule has 3 N–H and O–H groups in total. The zero-order valence-electron chi connectivity index (χ0n) is 8.39. The largest absolute Gasteiger partial charge is 0.478 e. The molecular weight excluding hydrogens is 184 g/mol. The van der Waals surface area contributed by atoms with Crippen LogP contribution in [0.3, 0.4) is 0 Å². The van der Waals surface area contributed by atoms with E-state index in [-0.39, 0.29) is 0 Å². The van der Waals surface area contributed by atoms with Crippen LogP contribution in [-0.2, 0) is 4.79 Å². The fraction of sp³-hybridized carbons (Fsp3) is 0.700. The van der Waals surface area contributed by atoms with Crippen LogP contribution in [-0.4, -0.2) is 33.5 Å². The Balaban J connectivity index is 3.49. The van der Waals surface area contributed by atoms with Crippen molar-refractivity contribution >= 4 is 5.97 Å². The van der Waals surface area contributed by atoms with E-state index in [9.17, 15) is 15.0 Å².